The molecule has 35 heavy (non-hydrogen) atoms. The van der Waals surface area contributed by atoms with Crippen LogP contribution < -0.4 is 0 Å². The second-order valence-corrected chi connectivity index (χ2v) is 13.4. The third-order valence-electron chi connectivity index (χ3n) is 11.5. The molecule has 0 radical (unpaired) electrons. The summed E-state index contributed by atoms with van der Waals surface area (Å²) in [6, 6.07) is 3.82. The first-order valence-electron chi connectivity index (χ1n) is 14.6. The molecule has 0 aromatic carbocycles. The molecule has 4 aliphatic carbocycles. The summed E-state index contributed by atoms with van der Waals surface area (Å²) in [5.74, 6) is 6.41. The van der Waals surface area contributed by atoms with Crippen molar-refractivity contribution in [2.45, 2.75) is 84.6 Å². The zero-order valence-corrected chi connectivity index (χ0v) is 21.9. The van der Waals surface area contributed by atoms with Crippen LogP contribution >= 0.6 is 0 Å². The van der Waals surface area contributed by atoms with Crippen molar-refractivity contribution in [2.75, 3.05) is 19.6 Å². The molecule has 5 nitrogen and oxygen atoms in total. The molecule has 0 spiro atoms. The van der Waals surface area contributed by atoms with Gasteiger partial charge in [0.25, 0.3) is 0 Å². The number of fused-ring (bicyclic) bond motifs is 5. The highest BCUT2D eigenvalue weighted by Gasteiger charge is 2.61. The van der Waals surface area contributed by atoms with Crippen LogP contribution in [0.15, 0.2) is 12.3 Å². The molecule has 1 aromatic rings. The van der Waals surface area contributed by atoms with Gasteiger partial charge in [-0.25, -0.2) is 0 Å². The Balaban J connectivity index is 1.26. The van der Waals surface area contributed by atoms with Gasteiger partial charge in [0.2, 0.25) is 0 Å². The van der Waals surface area contributed by atoms with Crippen LogP contribution in [0.3, 0.4) is 0 Å². The third kappa shape index (κ3) is 4.18. The molecule has 9 atom stereocenters. The predicted molar refractivity (Wildman–Crippen MR) is 136 cm³/mol. The molecule has 2 heterocycles. The number of hydrogen-bond acceptors (Lipinski definition) is 4. The zero-order valence-electron chi connectivity index (χ0n) is 21.9. The third-order valence-corrected chi connectivity index (χ3v) is 11.5. The summed E-state index contributed by atoms with van der Waals surface area (Å²) in [6.07, 6.45) is 15.3. The van der Waals surface area contributed by atoms with Crippen LogP contribution in [0.25, 0.3) is 0 Å². The van der Waals surface area contributed by atoms with E-state index in [1.54, 1.807) is 16.9 Å². The SMILES string of the molecule is C[C@H]1CC[C@H]2[C@H](CC[C@@H]3[C@@H]2CC[C@@]2(C)[C@H]3[C@H](CN3CCCC3)C[C@@H]2C(=O)Cn2ccc(C#N)n2)C1. The molecule has 0 bridgehead atoms. The molecule has 0 unspecified atom stereocenters. The lowest BCUT2D eigenvalue weighted by molar-refractivity contribution is -0.131. The van der Waals surface area contributed by atoms with E-state index >= 15 is 0 Å². The van der Waals surface area contributed by atoms with Crippen LogP contribution in [0.1, 0.15) is 83.7 Å². The van der Waals surface area contributed by atoms with E-state index in [9.17, 15) is 4.79 Å². The van der Waals surface area contributed by atoms with Crippen LogP contribution in [0.4, 0.5) is 0 Å². The van der Waals surface area contributed by atoms with Crippen molar-refractivity contribution in [3.05, 3.63) is 18.0 Å². The van der Waals surface area contributed by atoms with Crippen molar-refractivity contribution in [1.82, 2.24) is 14.7 Å². The van der Waals surface area contributed by atoms with Crippen LogP contribution in [-0.4, -0.2) is 40.1 Å². The summed E-state index contributed by atoms with van der Waals surface area (Å²) in [6.45, 7) is 9.00. The molecule has 190 valence electrons. The first kappa shape index (κ1) is 23.7. The van der Waals surface area contributed by atoms with E-state index in [-0.39, 0.29) is 11.3 Å². The number of carbonyl (C=O) groups excluding carboxylic acids is 1. The van der Waals surface area contributed by atoms with Crippen LogP contribution in [0.5, 0.6) is 0 Å². The molecule has 5 aliphatic rings. The molecule has 5 heteroatoms. The average Bonchev–Trinajstić information content (AvgIpc) is 3.58. The van der Waals surface area contributed by atoms with Crippen molar-refractivity contribution in [3.8, 4) is 6.07 Å². The number of carbonyl (C=O) groups is 1. The quantitative estimate of drug-likeness (QED) is 0.559. The minimum Gasteiger partial charge on any atom is -0.303 e. The highest BCUT2D eigenvalue weighted by molar-refractivity contribution is 5.82. The summed E-state index contributed by atoms with van der Waals surface area (Å²) in [4.78, 5) is 16.5. The molecule has 1 saturated heterocycles. The maximum atomic E-state index is 13.8. The van der Waals surface area contributed by atoms with Crippen LogP contribution in [0.2, 0.25) is 0 Å². The average molecular weight is 477 g/mol. The Morgan fingerprint density at radius 1 is 1.11 bits per heavy atom. The van der Waals surface area contributed by atoms with Gasteiger partial charge in [0.15, 0.2) is 11.5 Å². The lowest BCUT2D eigenvalue weighted by Crippen LogP contribution is -2.51. The van der Waals surface area contributed by atoms with Crippen molar-refractivity contribution in [2.24, 2.45) is 52.8 Å². The Hall–Kier alpha value is -1.67. The Morgan fingerprint density at radius 2 is 1.91 bits per heavy atom. The first-order chi connectivity index (χ1) is 17.0. The molecular formula is C30H44N4O. The molecule has 5 fully saturated rings. The van der Waals surface area contributed by atoms with Crippen molar-refractivity contribution >= 4 is 5.78 Å². The van der Waals surface area contributed by atoms with Gasteiger partial charge in [0.05, 0.1) is 6.54 Å². The van der Waals surface area contributed by atoms with E-state index in [2.05, 4.69) is 29.9 Å². The topological polar surface area (TPSA) is 61.9 Å². The van der Waals surface area contributed by atoms with Gasteiger partial charge in [-0.15, -0.1) is 0 Å². The number of aromatic nitrogens is 2. The fraction of sp³-hybridized carbons (Fsp3) is 0.833. The van der Waals surface area contributed by atoms with E-state index in [4.69, 9.17) is 5.26 Å². The number of hydrogen-bond donors (Lipinski definition) is 0. The van der Waals surface area contributed by atoms with Gasteiger partial charge >= 0.3 is 0 Å². The number of ketones is 1. The normalized spacial score (nSPS) is 43.2. The van der Waals surface area contributed by atoms with Gasteiger partial charge in [-0.1, -0.05) is 20.3 Å². The Morgan fingerprint density at radius 3 is 2.69 bits per heavy atom. The minimum absolute atomic E-state index is 0.128. The zero-order chi connectivity index (χ0) is 24.2. The maximum Gasteiger partial charge on any atom is 0.162 e. The summed E-state index contributed by atoms with van der Waals surface area (Å²) >= 11 is 0. The smallest absolute Gasteiger partial charge is 0.162 e. The fourth-order valence-electron chi connectivity index (χ4n) is 10.1. The number of nitriles is 1. The first-order valence-corrected chi connectivity index (χ1v) is 14.6. The highest BCUT2D eigenvalue weighted by Crippen LogP contribution is 2.66. The lowest BCUT2D eigenvalue weighted by Gasteiger charge is -2.57. The van der Waals surface area contributed by atoms with Crippen LogP contribution in [-0.2, 0) is 11.3 Å². The standard InChI is InChI=1S/C30H44N4O/c1-20-5-7-24-21(15-20)6-8-26-25(24)9-11-30(2)27(28(35)19-34-14-10-23(17-31)32-34)16-22(29(26)30)18-33-12-3-4-13-33/h10,14,20-22,24-27,29H,3-9,11-13,15-16,18-19H2,1-2H3/t20-,21+,22-,24-,25+,26+,27+,29-,30+/m0/s1. The largest absolute Gasteiger partial charge is 0.303 e. The van der Waals surface area contributed by atoms with Gasteiger partial charge < -0.3 is 4.90 Å². The fourth-order valence-corrected chi connectivity index (χ4v) is 10.1. The monoisotopic (exact) mass is 476 g/mol. The number of rotatable bonds is 5. The number of likely N-dealkylation sites (tertiary alicyclic amines) is 1. The molecule has 0 amide bonds. The lowest BCUT2D eigenvalue weighted by atomic mass is 9.48. The van der Waals surface area contributed by atoms with E-state index in [0.717, 1.165) is 36.0 Å². The van der Waals surface area contributed by atoms with Gasteiger partial charge in [-0.2, -0.15) is 10.4 Å². The Kier molecular flexibility index (Phi) is 6.32. The molecular weight excluding hydrogens is 432 g/mol. The van der Waals surface area contributed by atoms with Crippen molar-refractivity contribution < 1.29 is 4.79 Å². The Bertz CT molecular complexity index is 973. The van der Waals surface area contributed by atoms with E-state index in [0.29, 0.717) is 29.9 Å². The van der Waals surface area contributed by atoms with Gasteiger partial charge in [0.1, 0.15) is 6.07 Å². The highest BCUT2D eigenvalue weighted by atomic mass is 16.1. The molecule has 4 saturated carbocycles. The van der Waals surface area contributed by atoms with Gasteiger partial charge in [-0.3, -0.25) is 9.48 Å². The predicted octanol–water partition coefficient (Wildman–Crippen LogP) is 5.55. The molecule has 6 rings (SSSR count). The van der Waals surface area contributed by atoms with E-state index in [1.165, 1.54) is 77.4 Å². The number of nitrogens with zero attached hydrogens (tertiary/aromatic N) is 4. The van der Waals surface area contributed by atoms with Gasteiger partial charge in [0, 0.05) is 18.7 Å². The molecule has 0 N–H and O–H groups in total. The van der Waals surface area contributed by atoms with Crippen LogP contribution in [0, 0.1) is 64.1 Å². The molecule has 1 aromatic heterocycles. The summed E-state index contributed by atoms with van der Waals surface area (Å²) in [5.41, 5.74) is 0.530. The van der Waals surface area contributed by atoms with Crippen molar-refractivity contribution in [3.63, 3.8) is 0 Å². The van der Waals surface area contributed by atoms with Crippen molar-refractivity contribution in [1.29, 1.82) is 5.26 Å². The molecule has 1 aliphatic heterocycles. The Labute approximate surface area is 211 Å². The summed E-state index contributed by atoms with van der Waals surface area (Å²) in [5, 5.41) is 13.5. The number of Topliss-reactive ketones (excluding diaryl/α,β-unsaturated/α-hetero) is 1. The second kappa shape index (κ2) is 9.33. The van der Waals surface area contributed by atoms with E-state index in [1.807, 2.05) is 0 Å². The second-order valence-electron chi connectivity index (χ2n) is 13.4. The summed E-state index contributed by atoms with van der Waals surface area (Å²) < 4.78 is 1.70. The van der Waals surface area contributed by atoms with Gasteiger partial charge in [-0.05, 0) is 124 Å². The summed E-state index contributed by atoms with van der Waals surface area (Å²) in [7, 11) is 0. The van der Waals surface area contributed by atoms with E-state index < -0.39 is 0 Å². The maximum absolute atomic E-state index is 13.8. The minimum atomic E-state index is 0.128.